The predicted molar refractivity (Wildman–Crippen MR) is 112 cm³/mol. The third kappa shape index (κ3) is 7.25. The Kier molecular flexibility index (Phi) is 11.5. The van der Waals surface area contributed by atoms with Crippen LogP contribution in [0, 0.1) is 0 Å². The number of nitrogens with zero attached hydrogens (tertiary/aromatic N) is 2. The van der Waals surface area contributed by atoms with Crippen LogP contribution in [0.2, 0.25) is 0 Å². The van der Waals surface area contributed by atoms with Crippen LogP contribution in [0.25, 0.3) is 11.3 Å². The van der Waals surface area contributed by atoms with Gasteiger partial charge in [0.2, 0.25) is 0 Å². The topological polar surface area (TPSA) is 43.8 Å². The van der Waals surface area contributed by atoms with Crippen molar-refractivity contribution in [1.29, 1.82) is 0 Å². The quantitative estimate of drug-likeness (QED) is 0.695. The summed E-state index contributed by atoms with van der Waals surface area (Å²) in [4.78, 5) is 0. The highest BCUT2D eigenvalue weighted by Gasteiger charge is 2.12. The average Bonchev–Trinajstić information content (AvgIpc) is 3.01. The lowest BCUT2D eigenvalue weighted by Gasteiger charge is -2.04. The van der Waals surface area contributed by atoms with Crippen LogP contribution in [-0.2, 0) is 13.5 Å². The molecule has 0 aliphatic carbocycles. The minimum atomic E-state index is 0.528. The Morgan fingerprint density at radius 3 is 2.24 bits per heavy atom. The Labute approximate surface area is 153 Å². The summed E-state index contributed by atoms with van der Waals surface area (Å²) in [6.07, 6.45) is 6.49. The van der Waals surface area contributed by atoms with Crippen LogP contribution in [0.5, 0.6) is 0 Å². The lowest BCUT2D eigenvalue weighted by Crippen LogP contribution is -1.97. The monoisotopic (exact) mass is 339 g/mol. The van der Waals surface area contributed by atoms with Crippen molar-refractivity contribution < 1.29 is 0 Å². The van der Waals surface area contributed by atoms with Gasteiger partial charge in [-0.1, -0.05) is 57.2 Å². The van der Waals surface area contributed by atoms with Crippen molar-refractivity contribution in [3.8, 4) is 11.3 Å². The molecule has 1 atom stereocenters. The molecule has 2 rings (SSSR count). The minimum absolute atomic E-state index is 0.528. The van der Waals surface area contributed by atoms with E-state index in [1.807, 2.05) is 17.8 Å². The van der Waals surface area contributed by atoms with Crippen LogP contribution >= 0.6 is 0 Å². The van der Waals surface area contributed by atoms with Gasteiger partial charge in [0.05, 0.1) is 11.4 Å². The molecular formula is C22H33N3. The number of nitrogens with two attached hydrogens (primary N) is 1. The van der Waals surface area contributed by atoms with E-state index < -0.39 is 0 Å². The number of aryl methyl sites for hydroxylation is 1. The van der Waals surface area contributed by atoms with Crippen molar-refractivity contribution in [3.05, 3.63) is 80.2 Å². The van der Waals surface area contributed by atoms with Crippen LogP contribution in [0.4, 0.5) is 0 Å². The number of rotatable bonds is 6. The molecule has 0 fully saturated rings. The van der Waals surface area contributed by atoms with Crippen LogP contribution < -0.4 is 5.73 Å². The fourth-order valence-electron chi connectivity index (χ4n) is 2.56. The van der Waals surface area contributed by atoms with Gasteiger partial charge < -0.3 is 5.73 Å². The SMILES string of the molecule is C=C.C=CCc1ccc(-c2cc(C(C)CCC)nn2C)cc1.C=CN. The molecule has 1 unspecified atom stereocenters. The summed E-state index contributed by atoms with van der Waals surface area (Å²) in [5.74, 6) is 0.528. The van der Waals surface area contributed by atoms with E-state index >= 15 is 0 Å². The number of benzene rings is 1. The Hall–Kier alpha value is -2.55. The third-order valence-electron chi connectivity index (χ3n) is 3.76. The van der Waals surface area contributed by atoms with Gasteiger partial charge in [-0.3, -0.25) is 4.68 Å². The molecule has 25 heavy (non-hydrogen) atoms. The summed E-state index contributed by atoms with van der Waals surface area (Å²) in [5.41, 5.74) is 9.51. The van der Waals surface area contributed by atoms with E-state index in [9.17, 15) is 0 Å². The van der Waals surface area contributed by atoms with Crippen molar-refractivity contribution >= 4 is 0 Å². The van der Waals surface area contributed by atoms with Gasteiger partial charge in [-0.2, -0.15) is 5.10 Å². The zero-order chi connectivity index (χ0) is 19.2. The Morgan fingerprint density at radius 2 is 1.76 bits per heavy atom. The second-order valence-corrected chi connectivity index (χ2v) is 5.69. The molecular weight excluding hydrogens is 306 g/mol. The van der Waals surface area contributed by atoms with Gasteiger partial charge >= 0.3 is 0 Å². The molecule has 0 radical (unpaired) electrons. The number of hydrogen-bond donors (Lipinski definition) is 1. The molecule has 0 spiro atoms. The molecule has 0 bridgehead atoms. The van der Waals surface area contributed by atoms with Gasteiger partial charge in [0.1, 0.15) is 0 Å². The predicted octanol–water partition coefficient (Wildman–Crippen LogP) is 5.61. The highest BCUT2D eigenvalue weighted by Crippen LogP contribution is 2.26. The summed E-state index contributed by atoms with van der Waals surface area (Å²) in [6, 6.07) is 10.9. The lowest BCUT2D eigenvalue weighted by atomic mass is 10.0. The van der Waals surface area contributed by atoms with Crippen molar-refractivity contribution in [3.63, 3.8) is 0 Å². The van der Waals surface area contributed by atoms with Gasteiger partial charge in [0, 0.05) is 13.0 Å². The molecule has 2 N–H and O–H groups in total. The van der Waals surface area contributed by atoms with E-state index in [4.69, 9.17) is 0 Å². The summed E-state index contributed by atoms with van der Waals surface area (Å²) in [7, 11) is 2.02. The van der Waals surface area contributed by atoms with E-state index in [0.29, 0.717) is 5.92 Å². The molecule has 3 nitrogen and oxygen atoms in total. The molecule has 2 aromatic rings. The van der Waals surface area contributed by atoms with Gasteiger partial charge in [0.25, 0.3) is 0 Å². The highest BCUT2D eigenvalue weighted by atomic mass is 15.3. The van der Waals surface area contributed by atoms with Crippen molar-refractivity contribution in [2.75, 3.05) is 0 Å². The van der Waals surface area contributed by atoms with E-state index in [1.165, 1.54) is 41.6 Å². The summed E-state index contributed by atoms with van der Waals surface area (Å²) in [5, 5.41) is 4.66. The minimum Gasteiger partial charge on any atom is -0.405 e. The Balaban J connectivity index is 0.00000104. The van der Waals surface area contributed by atoms with Crippen molar-refractivity contribution in [2.24, 2.45) is 12.8 Å². The summed E-state index contributed by atoms with van der Waals surface area (Å²) < 4.78 is 1.99. The van der Waals surface area contributed by atoms with E-state index in [0.717, 1.165) is 6.42 Å². The first-order valence-electron chi connectivity index (χ1n) is 8.64. The number of hydrogen-bond acceptors (Lipinski definition) is 2. The first-order valence-corrected chi connectivity index (χ1v) is 8.64. The largest absolute Gasteiger partial charge is 0.405 e. The first-order chi connectivity index (χ1) is 12.1. The van der Waals surface area contributed by atoms with Crippen molar-refractivity contribution in [1.82, 2.24) is 9.78 Å². The molecule has 1 aromatic carbocycles. The van der Waals surface area contributed by atoms with Crippen molar-refractivity contribution in [2.45, 2.75) is 39.0 Å². The normalized spacial score (nSPS) is 10.5. The molecule has 0 saturated heterocycles. The second-order valence-electron chi connectivity index (χ2n) is 5.69. The maximum Gasteiger partial charge on any atom is 0.0681 e. The van der Waals surface area contributed by atoms with Crippen LogP contribution in [0.1, 0.15) is 43.9 Å². The third-order valence-corrected chi connectivity index (χ3v) is 3.76. The van der Waals surface area contributed by atoms with E-state index in [2.05, 4.69) is 81.3 Å². The highest BCUT2D eigenvalue weighted by molar-refractivity contribution is 5.60. The van der Waals surface area contributed by atoms with Gasteiger partial charge in [-0.25, -0.2) is 0 Å². The van der Waals surface area contributed by atoms with E-state index in [1.54, 1.807) is 0 Å². The molecule has 0 amide bonds. The summed E-state index contributed by atoms with van der Waals surface area (Å²) in [6.45, 7) is 17.4. The van der Waals surface area contributed by atoms with Crippen LogP contribution in [0.3, 0.4) is 0 Å². The molecule has 3 heteroatoms. The molecule has 1 heterocycles. The van der Waals surface area contributed by atoms with Gasteiger partial charge in [-0.05, 0) is 36.2 Å². The average molecular weight is 340 g/mol. The van der Waals surface area contributed by atoms with E-state index in [-0.39, 0.29) is 0 Å². The molecule has 1 aromatic heterocycles. The molecule has 0 aliphatic heterocycles. The Bertz CT molecular complexity index is 623. The van der Waals surface area contributed by atoms with Crippen LogP contribution in [-0.4, -0.2) is 9.78 Å². The second kappa shape index (κ2) is 12.8. The Morgan fingerprint density at radius 1 is 1.20 bits per heavy atom. The fraction of sp³-hybridized carbons (Fsp3) is 0.318. The lowest BCUT2D eigenvalue weighted by molar-refractivity contribution is 0.626. The maximum absolute atomic E-state index is 4.66. The molecule has 0 aliphatic rings. The number of aromatic nitrogens is 2. The van der Waals surface area contributed by atoms with Crippen LogP contribution in [0.15, 0.2) is 68.9 Å². The maximum atomic E-state index is 4.66. The van der Waals surface area contributed by atoms with Gasteiger partial charge in [-0.15, -0.1) is 19.7 Å². The zero-order valence-electron chi connectivity index (χ0n) is 16.0. The summed E-state index contributed by atoms with van der Waals surface area (Å²) >= 11 is 0. The molecule has 0 saturated carbocycles. The van der Waals surface area contributed by atoms with Gasteiger partial charge in [0.15, 0.2) is 0 Å². The standard InChI is InChI=1S/C18H24N2.C2H5N.C2H4/c1-5-7-14(3)17-13-18(20(4)19-17)16-11-9-15(8-6-2)10-12-16;1-2-3;1-2/h6,9-14H,2,5,7-8H2,1,3-4H3;2H,1,3H2;1-2H2. The fourth-order valence-corrected chi connectivity index (χ4v) is 2.56. The first kappa shape index (κ1) is 22.4. The molecule has 136 valence electrons. The zero-order valence-corrected chi connectivity index (χ0v) is 16.0. The number of allylic oxidation sites excluding steroid dienone is 1. The smallest absolute Gasteiger partial charge is 0.0681 e.